The van der Waals surface area contributed by atoms with E-state index in [9.17, 15) is 14.7 Å². The summed E-state index contributed by atoms with van der Waals surface area (Å²) in [6.45, 7) is 9.31. The maximum Gasteiger partial charge on any atom is 0.328 e. The maximum atomic E-state index is 11.6. The van der Waals surface area contributed by atoms with Gasteiger partial charge in [0.1, 0.15) is 0 Å². The first kappa shape index (κ1) is 14.2. The molecule has 1 rings (SSSR count). The Morgan fingerprint density at radius 2 is 1.59 bits per heavy atom. The minimum absolute atomic E-state index is 0.305. The number of aliphatic carboxylic acids is 1. The third-order valence-corrected chi connectivity index (χ3v) is 3.47. The van der Waals surface area contributed by atoms with Crippen LogP contribution in [0.4, 0.5) is 0 Å². The Hall–Kier alpha value is -0.900. The molecule has 0 bridgehead atoms. The predicted molar refractivity (Wildman–Crippen MR) is 65.6 cm³/mol. The minimum Gasteiger partial charge on any atom is -0.480 e. The topological polar surface area (TPSA) is 57.6 Å². The highest BCUT2D eigenvalue weighted by Gasteiger charge is 2.48. The van der Waals surface area contributed by atoms with Crippen molar-refractivity contribution in [2.75, 3.05) is 0 Å². The number of rotatable bonds is 3. The average molecular weight is 240 g/mol. The van der Waals surface area contributed by atoms with Crippen molar-refractivity contribution in [3.05, 3.63) is 6.42 Å². The molecule has 0 aliphatic carbocycles. The lowest BCUT2D eigenvalue weighted by Gasteiger charge is -2.54. The molecule has 17 heavy (non-hydrogen) atoms. The van der Waals surface area contributed by atoms with Crippen LogP contribution in [-0.4, -0.2) is 38.9 Å². The molecular formula is C13H22NO3. The van der Waals surface area contributed by atoms with Crippen molar-refractivity contribution in [1.82, 2.24) is 4.90 Å². The summed E-state index contributed by atoms with van der Waals surface area (Å²) < 4.78 is 0. The first-order valence-corrected chi connectivity index (χ1v) is 5.94. The average Bonchev–Trinajstić information content (AvgIpc) is 2.09. The highest BCUT2D eigenvalue weighted by molar-refractivity contribution is 6.01. The molecule has 1 radical (unpaired) electrons. The molecule has 4 heteroatoms. The number of ketones is 1. The van der Waals surface area contributed by atoms with E-state index in [2.05, 4.69) is 6.42 Å². The molecule has 0 amide bonds. The van der Waals surface area contributed by atoms with Crippen LogP contribution < -0.4 is 0 Å². The number of hydrogen-bond donors (Lipinski definition) is 1. The van der Waals surface area contributed by atoms with Gasteiger partial charge in [-0.1, -0.05) is 0 Å². The van der Waals surface area contributed by atoms with Gasteiger partial charge in [-0.3, -0.25) is 14.5 Å². The Labute approximate surface area is 103 Å². The van der Waals surface area contributed by atoms with Gasteiger partial charge in [0, 0.05) is 11.1 Å². The lowest BCUT2D eigenvalue weighted by Crippen LogP contribution is -2.66. The third-order valence-electron chi connectivity index (χ3n) is 3.47. The first-order valence-electron chi connectivity index (χ1n) is 5.94. The van der Waals surface area contributed by atoms with Crippen LogP contribution in [0.15, 0.2) is 0 Å². The van der Waals surface area contributed by atoms with Gasteiger partial charge >= 0.3 is 5.97 Å². The molecule has 97 valence electrons. The molecule has 1 aliphatic rings. The highest BCUT2D eigenvalue weighted by atomic mass is 16.4. The number of carboxylic acid groups (broad SMARTS) is 1. The predicted octanol–water partition coefficient (Wildman–Crippen LogP) is 1.89. The van der Waals surface area contributed by atoms with Gasteiger partial charge in [0.15, 0.2) is 11.8 Å². The summed E-state index contributed by atoms with van der Waals surface area (Å²) >= 11 is 0. The van der Waals surface area contributed by atoms with Crippen molar-refractivity contribution in [1.29, 1.82) is 0 Å². The zero-order valence-corrected chi connectivity index (χ0v) is 11.3. The number of piperidine rings is 1. The van der Waals surface area contributed by atoms with E-state index in [4.69, 9.17) is 0 Å². The fourth-order valence-corrected chi connectivity index (χ4v) is 2.96. The standard InChI is InChI=1S/C13H22NO3/c1-9(15)10(11(16)17)14-12(2,3)7-6-8-13(14,4)5/h6,10H,7-8H2,1-5H3,(H,16,17). The van der Waals surface area contributed by atoms with Crippen molar-refractivity contribution in [2.24, 2.45) is 0 Å². The molecule has 4 nitrogen and oxygen atoms in total. The van der Waals surface area contributed by atoms with Crippen LogP contribution >= 0.6 is 0 Å². The summed E-state index contributed by atoms with van der Waals surface area (Å²) in [6.07, 6.45) is 3.77. The van der Waals surface area contributed by atoms with Gasteiger partial charge in [-0.25, -0.2) is 0 Å². The monoisotopic (exact) mass is 240 g/mol. The Kier molecular flexibility index (Phi) is 3.67. The molecule has 1 N–H and O–H groups in total. The molecule has 1 unspecified atom stereocenters. The van der Waals surface area contributed by atoms with E-state index in [-0.39, 0.29) is 16.9 Å². The maximum absolute atomic E-state index is 11.6. The van der Waals surface area contributed by atoms with Crippen LogP contribution in [0.2, 0.25) is 0 Å². The second-order valence-electron chi connectivity index (χ2n) is 6.04. The van der Waals surface area contributed by atoms with Crippen molar-refractivity contribution < 1.29 is 14.7 Å². The number of Topliss-reactive ketones (excluding diaryl/α,β-unsaturated/α-hetero) is 1. The van der Waals surface area contributed by atoms with Gasteiger partial charge in [0.2, 0.25) is 0 Å². The molecule has 1 aliphatic heterocycles. The number of likely N-dealkylation sites (tertiary alicyclic amines) is 1. The van der Waals surface area contributed by atoms with E-state index in [0.29, 0.717) is 0 Å². The van der Waals surface area contributed by atoms with E-state index in [1.807, 2.05) is 32.6 Å². The number of carbonyl (C=O) groups is 2. The summed E-state index contributed by atoms with van der Waals surface area (Å²) in [5, 5.41) is 9.29. The molecule has 0 saturated carbocycles. The van der Waals surface area contributed by atoms with Gasteiger partial charge in [-0.2, -0.15) is 0 Å². The van der Waals surface area contributed by atoms with E-state index in [0.717, 1.165) is 12.8 Å². The van der Waals surface area contributed by atoms with Crippen molar-refractivity contribution in [3.63, 3.8) is 0 Å². The van der Waals surface area contributed by atoms with Crippen molar-refractivity contribution in [3.8, 4) is 0 Å². The SMILES string of the molecule is CC(=O)C(C(=O)O)N1C(C)(C)C[CH]CC1(C)C. The molecule has 1 atom stereocenters. The summed E-state index contributed by atoms with van der Waals surface area (Å²) in [7, 11) is 0. The van der Waals surface area contributed by atoms with E-state index < -0.39 is 12.0 Å². The summed E-state index contributed by atoms with van der Waals surface area (Å²) in [5.74, 6) is -1.36. The lowest BCUT2D eigenvalue weighted by atomic mass is 9.78. The van der Waals surface area contributed by atoms with Crippen LogP contribution in [0.3, 0.4) is 0 Å². The fourth-order valence-electron chi connectivity index (χ4n) is 2.96. The van der Waals surface area contributed by atoms with Gasteiger partial charge in [-0.15, -0.1) is 0 Å². The van der Waals surface area contributed by atoms with Gasteiger partial charge in [0.25, 0.3) is 0 Å². The van der Waals surface area contributed by atoms with Crippen molar-refractivity contribution >= 4 is 11.8 Å². The summed E-state index contributed by atoms with van der Waals surface area (Å²) in [6, 6.07) is -1.05. The van der Waals surface area contributed by atoms with Crippen LogP contribution in [-0.2, 0) is 9.59 Å². The van der Waals surface area contributed by atoms with Crippen molar-refractivity contribution in [2.45, 2.75) is 64.6 Å². The molecule has 0 aromatic carbocycles. The second-order valence-corrected chi connectivity index (χ2v) is 6.04. The highest BCUT2D eigenvalue weighted by Crippen LogP contribution is 2.39. The normalized spacial score (nSPS) is 25.2. The van der Waals surface area contributed by atoms with E-state index in [1.165, 1.54) is 6.92 Å². The number of carboxylic acids is 1. The smallest absolute Gasteiger partial charge is 0.328 e. The quantitative estimate of drug-likeness (QED) is 0.765. The zero-order chi connectivity index (χ0) is 13.4. The molecule has 0 aromatic rings. The lowest BCUT2D eigenvalue weighted by molar-refractivity contribution is -0.157. The molecule has 1 heterocycles. The first-order chi connectivity index (χ1) is 7.59. The second kappa shape index (κ2) is 4.41. The minimum atomic E-state index is -1.06. The molecule has 0 aromatic heterocycles. The molecular weight excluding hydrogens is 218 g/mol. The van der Waals surface area contributed by atoms with Crippen LogP contribution in [0, 0.1) is 6.42 Å². The van der Waals surface area contributed by atoms with Gasteiger partial charge in [-0.05, 0) is 53.9 Å². The Balaban J connectivity index is 3.19. The Morgan fingerprint density at radius 3 is 1.88 bits per heavy atom. The van der Waals surface area contributed by atoms with Crippen LogP contribution in [0.5, 0.6) is 0 Å². The zero-order valence-electron chi connectivity index (χ0n) is 11.3. The number of carbonyl (C=O) groups excluding carboxylic acids is 1. The molecule has 1 fully saturated rings. The third kappa shape index (κ3) is 2.68. The summed E-state index contributed by atoms with van der Waals surface area (Å²) in [4.78, 5) is 24.8. The Bertz CT molecular complexity index is 304. The fraction of sp³-hybridized carbons (Fsp3) is 0.769. The van der Waals surface area contributed by atoms with Gasteiger partial charge in [0.05, 0.1) is 0 Å². The molecule has 1 saturated heterocycles. The van der Waals surface area contributed by atoms with E-state index >= 15 is 0 Å². The molecule has 0 spiro atoms. The largest absolute Gasteiger partial charge is 0.480 e. The van der Waals surface area contributed by atoms with E-state index in [1.54, 1.807) is 0 Å². The van der Waals surface area contributed by atoms with Crippen LogP contribution in [0.1, 0.15) is 47.5 Å². The number of nitrogens with zero attached hydrogens (tertiary/aromatic N) is 1. The van der Waals surface area contributed by atoms with Gasteiger partial charge < -0.3 is 5.11 Å². The van der Waals surface area contributed by atoms with Crippen LogP contribution in [0.25, 0.3) is 0 Å². The summed E-state index contributed by atoms with van der Waals surface area (Å²) in [5.41, 5.74) is -0.618. The Morgan fingerprint density at radius 1 is 1.18 bits per heavy atom. The number of hydrogen-bond acceptors (Lipinski definition) is 3.